The van der Waals surface area contributed by atoms with E-state index in [1.165, 1.54) is 0 Å². The monoisotopic (exact) mass is 177 g/mol. The average Bonchev–Trinajstić information content (AvgIpc) is 1.86. The lowest BCUT2D eigenvalue weighted by molar-refractivity contribution is 0.609. The molecule has 3 heteroatoms. The summed E-state index contributed by atoms with van der Waals surface area (Å²) in [5, 5.41) is 0. The predicted molar refractivity (Wildman–Crippen MR) is 50.3 cm³/mol. The molecule has 0 rings (SSSR count). The van der Waals surface area contributed by atoms with Crippen molar-refractivity contribution in [2.45, 2.75) is 33.6 Å². The Morgan fingerprint density at radius 1 is 1.45 bits per heavy atom. The van der Waals surface area contributed by atoms with Gasteiger partial charge in [0.05, 0.1) is 0 Å². The van der Waals surface area contributed by atoms with Crippen molar-refractivity contribution in [3.63, 3.8) is 0 Å². The first kappa shape index (κ1) is 11.0. The van der Waals surface area contributed by atoms with Gasteiger partial charge in [-0.1, -0.05) is 27.2 Å². The second-order valence-electron chi connectivity index (χ2n) is 3.20. The van der Waals surface area contributed by atoms with Gasteiger partial charge in [-0.3, -0.25) is 4.78 Å². The molecule has 0 heterocycles. The third-order valence-corrected chi connectivity index (χ3v) is 3.96. The molecule has 0 radical (unpaired) electrons. The quantitative estimate of drug-likeness (QED) is 0.688. The van der Waals surface area contributed by atoms with E-state index < -0.39 is 9.73 Å². The Morgan fingerprint density at radius 3 is 2.36 bits per heavy atom. The Bertz CT molecular complexity index is 184. The highest BCUT2D eigenvalue weighted by atomic mass is 32.2. The van der Waals surface area contributed by atoms with E-state index in [0.29, 0.717) is 17.4 Å². The first-order chi connectivity index (χ1) is 5.02. The summed E-state index contributed by atoms with van der Waals surface area (Å²) in [7, 11) is -2.24. The molecule has 68 valence electrons. The topological polar surface area (TPSA) is 40.9 Å². The third kappa shape index (κ3) is 5.24. The van der Waals surface area contributed by atoms with Crippen molar-refractivity contribution in [1.82, 2.24) is 0 Å². The van der Waals surface area contributed by atoms with Gasteiger partial charge >= 0.3 is 0 Å². The molecule has 0 bridgehead atoms. The summed E-state index contributed by atoms with van der Waals surface area (Å²) >= 11 is 0. The Hall–Kier alpha value is -0.0500. The first-order valence-corrected chi connectivity index (χ1v) is 6.15. The van der Waals surface area contributed by atoms with Gasteiger partial charge in [-0.2, -0.15) is 0 Å². The Kier molecular flexibility index (Phi) is 4.73. The lowest BCUT2D eigenvalue weighted by Crippen LogP contribution is -2.14. The summed E-state index contributed by atoms with van der Waals surface area (Å²) in [5.41, 5.74) is 0. The normalized spacial score (nSPS) is 19.2. The Balaban J connectivity index is 3.92. The van der Waals surface area contributed by atoms with Gasteiger partial charge in [0.15, 0.2) is 0 Å². The highest BCUT2D eigenvalue weighted by Crippen LogP contribution is 2.07. The van der Waals surface area contributed by atoms with Crippen LogP contribution in [0.4, 0.5) is 0 Å². The second-order valence-corrected chi connectivity index (χ2v) is 5.56. The lowest BCUT2D eigenvalue weighted by atomic mass is 10.2. The van der Waals surface area contributed by atoms with Gasteiger partial charge in [0.1, 0.15) is 0 Å². The molecule has 1 N–H and O–H groups in total. The van der Waals surface area contributed by atoms with Crippen LogP contribution in [0.25, 0.3) is 0 Å². The van der Waals surface area contributed by atoms with Crippen molar-refractivity contribution < 1.29 is 4.21 Å². The van der Waals surface area contributed by atoms with Gasteiger partial charge in [0, 0.05) is 21.2 Å². The van der Waals surface area contributed by atoms with Crippen LogP contribution in [-0.4, -0.2) is 15.7 Å². The number of nitrogens with one attached hydrogen (secondary N) is 1. The van der Waals surface area contributed by atoms with E-state index in [1.807, 2.05) is 6.92 Å². The van der Waals surface area contributed by atoms with Crippen molar-refractivity contribution in [3.05, 3.63) is 0 Å². The van der Waals surface area contributed by atoms with Crippen molar-refractivity contribution >= 4 is 9.73 Å². The van der Waals surface area contributed by atoms with E-state index in [1.54, 1.807) is 0 Å². The SMILES string of the molecule is CCC[S@@](=N)(=O)C[C@H](C)CC. The maximum absolute atomic E-state index is 11.4. The van der Waals surface area contributed by atoms with Gasteiger partial charge in [-0.25, -0.2) is 4.21 Å². The molecule has 0 saturated carbocycles. The van der Waals surface area contributed by atoms with E-state index in [0.717, 1.165) is 12.8 Å². The van der Waals surface area contributed by atoms with E-state index in [4.69, 9.17) is 4.78 Å². The summed E-state index contributed by atoms with van der Waals surface area (Å²) in [6.07, 6.45) is 1.89. The minimum atomic E-state index is -2.24. The van der Waals surface area contributed by atoms with Crippen LogP contribution >= 0.6 is 0 Å². The molecular formula is C8H19NOS. The summed E-state index contributed by atoms with van der Waals surface area (Å²) in [5.74, 6) is 1.58. The van der Waals surface area contributed by atoms with E-state index >= 15 is 0 Å². The summed E-state index contributed by atoms with van der Waals surface area (Å²) in [4.78, 5) is 0. The molecule has 0 spiro atoms. The molecule has 0 aliphatic rings. The predicted octanol–water partition coefficient (Wildman–Crippen LogP) is 2.49. The van der Waals surface area contributed by atoms with Gasteiger partial charge in [-0.15, -0.1) is 0 Å². The van der Waals surface area contributed by atoms with Crippen LogP contribution in [0.2, 0.25) is 0 Å². The van der Waals surface area contributed by atoms with Crippen LogP contribution in [0.3, 0.4) is 0 Å². The zero-order valence-corrected chi connectivity index (χ0v) is 8.54. The zero-order chi connectivity index (χ0) is 8.91. The Morgan fingerprint density at radius 2 is 2.00 bits per heavy atom. The first-order valence-electron chi connectivity index (χ1n) is 4.26. The van der Waals surface area contributed by atoms with Gasteiger partial charge < -0.3 is 0 Å². The van der Waals surface area contributed by atoms with Crippen LogP contribution in [-0.2, 0) is 9.73 Å². The van der Waals surface area contributed by atoms with Crippen molar-refractivity contribution in [2.75, 3.05) is 11.5 Å². The van der Waals surface area contributed by atoms with Crippen molar-refractivity contribution in [1.29, 1.82) is 4.78 Å². The van der Waals surface area contributed by atoms with Gasteiger partial charge in [0.2, 0.25) is 0 Å². The number of hydrogen-bond acceptors (Lipinski definition) is 2. The maximum atomic E-state index is 11.4. The Labute approximate surface area is 70.4 Å². The molecule has 0 aliphatic carbocycles. The molecule has 11 heavy (non-hydrogen) atoms. The minimum absolute atomic E-state index is 0.437. The molecule has 0 aliphatic heterocycles. The molecule has 0 amide bonds. The maximum Gasteiger partial charge on any atom is 0.0444 e. The number of rotatable bonds is 5. The van der Waals surface area contributed by atoms with Crippen LogP contribution in [0.15, 0.2) is 0 Å². The molecule has 2 nitrogen and oxygen atoms in total. The van der Waals surface area contributed by atoms with Crippen molar-refractivity contribution in [2.24, 2.45) is 5.92 Å². The van der Waals surface area contributed by atoms with E-state index in [-0.39, 0.29) is 0 Å². The molecule has 2 atom stereocenters. The molecule has 0 saturated heterocycles. The fourth-order valence-corrected chi connectivity index (χ4v) is 2.97. The molecule has 0 aromatic heterocycles. The van der Waals surface area contributed by atoms with E-state index in [2.05, 4.69) is 13.8 Å². The standard InChI is InChI=1S/C8H19NOS/c1-4-6-11(9,10)7-8(3)5-2/h8-9H,4-7H2,1-3H3/t8-,11-/m1/s1. The van der Waals surface area contributed by atoms with Gasteiger partial charge in [0.25, 0.3) is 0 Å². The average molecular weight is 177 g/mol. The minimum Gasteiger partial charge on any atom is -0.253 e. The molecule has 0 fully saturated rings. The fraction of sp³-hybridized carbons (Fsp3) is 1.00. The van der Waals surface area contributed by atoms with Crippen LogP contribution in [0.5, 0.6) is 0 Å². The van der Waals surface area contributed by atoms with Crippen LogP contribution in [0, 0.1) is 10.7 Å². The summed E-state index contributed by atoms with van der Waals surface area (Å²) in [6.45, 7) is 6.11. The molecular weight excluding hydrogens is 158 g/mol. The second kappa shape index (κ2) is 4.75. The smallest absolute Gasteiger partial charge is 0.0444 e. The fourth-order valence-electron chi connectivity index (χ4n) is 0.991. The zero-order valence-electron chi connectivity index (χ0n) is 7.72. The molecule has 0 aromatic carbocycles. The summed E-state index contributed by atoms with van der Waals surface area (Å²) < 4.78 is 18.9. The highest BCUT2D eigenvalue weighted by molar-refractivity contribution is 7.92. The largest absolute Gasteiger partial charge is 0.253 e. The summed E-state index contributed by atoms with van der Waals surface area (Å²) in [6, 6.07) is 0. The van der Waals surface area contributed by atoms with E-state index in [9.17, 15) is 4.21 Å². The molecule has 0 unspecified atom stereocenters. The van der Waals surface area contributed by atoms with Crippen molar-refractivity contribution in [3.8, 4) is 0 Å². The lowest BCUT2D eigenvalue weighted by Gasteiger charge is -2.10. The highest BCUT2D eigenvalue weighted by Gasteiger charge is 2.09. The van der Waals surface area contributed by atoms with Gasteiger partial charge in [-0.05, 0) is 12.3 Å². The number of hydrogen-bond donors (Lipinski definition) is 1. The molecule has 0 aromatic rings. The third-order valence-electron chi connectivity index (χ3n) is 1.78. The van der Waals surface area contributed by atoms with Crippen LogP contribution in [0.1, 0.15) is 33.6 Å². The van der Waals surface area contributed by atoms with Crippen LogP contribution < -0.4 is 0 Å².